The first-order valence-corrected chi connectivity index (χ1v) is 10.9. The van der Waals surface area contributed by atoms with Crippen LogP contribution in [-0.4, -0.2) is 4.79 Å². The van der Waals surface area contributed by atoms with Gasteiger partial charge in [0.15, 0.2) is 0 Å². The molecule has 3 aromatic carbocycles. The predicted molar refractivity (Wildman–Crippen MR) is 103 cm³/mol. The van der Waals surface area contributed by atoms with Crippen LogP contribution in [0.4, 0.5) is 25.2 Å². The summed E-state index contributed by atoms with van der Waals surface area (Å²) in [5.41, 5.74) is 1.65. The molecule has 0 saturated carbocycles. The van der Waals surface area contributed by atoms with Crippen LogP contribution in [0.5, 0.6) is 0 Å². The van der Waals surface area contributed by atoms with E-state index in [4.69, 9.17) is 4.42 Å². The molecule has 154 valence electrons. The van der Waals surface area contributed by atoms with Crippen LogP contribution in [-0.2, 0) is 0 Å². The molecule has 2 nitrogen and oxygen atoms in total. The third-order valence-corrected chi connectivity index (χ3v) is 4.54. The average Bonchev–Trinajstić information content (AvgIpc) is 2.61. The molecule has 0 amide bonds. The Morgan fingerprint density at radius 3 is 1.86 bits per heavy atom. The molecular formula is C19H13F6O2PS. The SMILES string of the molecule is F[P-](F)(F)(F)(F)F.[OH+]=c1c2ccccc2oc2ccc(Sc3ccccc3)cc12. The number of benzene rings is 3. The standard InChI is InChI=1S/C19H12O2S.F6P/c20-19-15-8-4-5-9-17(15)21-18-11-10-14(12-16(18)19)22-13-6-2-1-3-7-13;1-7(2,3,4,5)6/h1-12H;/q;-1/p+1. The molecule has 0 fully saturated rings. The molecule has 0 aliphatic rings. The van der Waals surface area contributed by atoms with Crippen LogP contribution in [0.1, 0.15) is 0 Å². The fourth-order valence-corrected chi connectivity index (χ4v) is 3.36. The van der Waals surface area contributed by atoms with Crippen molar-refractivity contribution >= 4 is 41.5 Å². The molecule has 0 radical (unpaired) electrons. The zero-order valence-corrected chi connectivity index (χ0v) is 16.1. The molecule has 1 aromatic heterocycles. The third kappa shape index (κ3) is 6.80. The summed E-state index contributed by atoms with van der Waals surface area (Å²) >= 11 is 1.66. The van der Waals surface area contributed by atoms with E-state index in [0.717, 1.165) is 15.7 Å². The van der Waals surface area contributed by atoms with Crippen LogP contribution in [0.25, 0.3) is 21.9 Å². The van der Waals surface area contributed by atoms with Crippen LogP contribution >= 0.6 is 19.6 Å². The van der Waals surface area contributed by atoms with Crippen molar-refractivity contribution in [2.75, 3.05) is 0 Å². The zero-order valence-electron chi connectivity index (χ0n) is 14.4. The molecular weight excluding hydrogens is 437 g/mol. The van der Waals surface area contributed by atoms with Gasteiger partial charge < -0.3 is 4.42 Å². The Bertz CT molecular complexity index is 1230. The van der Waals surface area contributed by atoms with Gasteiger partial charge in [-0.15, -0.1) is 0 Å². The van der Waals surface area contributed by atoms with E-state index < -0.39 is 7.81 Å². The summed E-state index contributed by atoms with van der Waals surface area (Å²) < 4.78 is 65.1. The largest absolute Gasteiger partial charge is 0.455 e. The van der Waals surface area contributed by atoms with Gasteiger partial charge in [-0.3, -0.25) is 4.79 Å². The summed E-state index contributed by atoms with van der Waals surface area (Å²) in [6.07, 6.45) is 0. The van der Waals surface area contributed by atoms with Crippen molar-refractivity contribution in [3.8, 4) is 0 Å². The van der Waals surface area contributed by atoms with Gasteiger partial charge in [-0.2, -0.15) is 0 Å². The van der Waals surface area contributed by atoms with Gasteiger partial charge in [-0.1, -0.05) is 42.1 Å². The van der Waals surface area contributed by atoms with Crippen molar-refractivity contribution in [2.24, 2.45) is 0 Å². The molecule has 0 aliphatic carbocycles. The van der Waals surface area contributed by atoms with Gasteiger partial charge in [0.2, 0.25) is 0 Å². The smallest absolute Gasteiger partial charge is 0.361 e. The Kier molecular flexibility index (Phi) is 4.96. The fourth-order valence-electron chi connectivity index (χ4n) is 2.49. The molecule has 10 heteroatoms. The fraction of sp³-hybridized carbons (Fsp3) is 0. The molecule has 29 heavy (non-hydrogen) atoms. The van der Waals surface area contributed by atoms with E-state index in [0.29, 0.717) is 11.2 Å². The summed E-state index contributed by atoms with van der Waals surface area (Å²) in [5, 5.41) is 1.47. The maximum absolute atomic E-state index is 10.7. The van der Waals surface area contributed by atoms with Crippen molar-refractivity contribution in [1.29, 1.82) is 0 Å². The molecule has 0 bridgehead atoms. The summed E-state index contributed by atoms with van der Waals surface area (Å²) in [4.78, 5) is 12.8. The van der Waals surface area contributed by atoms with Crippen molar-refractivity contribution in [1.82, 2.24) is 0 Å². The first kappa shape index (κ1) is 21.2. The minimum Gasteiger partial charge on any atom is -0.455 e. The third-order valence-electron chi connectivity index (χ3n) is 3.55. The maximum Gasteiger partial charge on any atom is 0.361 e. The van der Waals surface area contributed by atoms with Gasteiger partial charge in [0.05, 0.1) is 0 Å². The zero-order chi connectivity index (χ0) is 21.3. The monoisotopic (exact) mass is 450 g/mol. The minimum absolute atomic E-state index is 0.271. The van der Waals surface area contributed by atoms with Gasteiger partial charge in [-0.05, 0) is 42.5 Å². The maximum atomic E-state index is 10.5. The molecule has 0 saturated heterocycles. The van der Waals surface area contributed by atoms with E-state index in [1.165, 1.54) is 4.90 Å². The molecule has 1 N–H and O–H groups in total. The Hall–Kier alpha value is -2.51. The first-order chi connectivity index (χ1) is 13.3. The number of hydrogen-bond donors (Lipinski definition) is 0. The quantitative estimate of drug-likeness (QED) is 0.134. The topological polar surface area (TPSA) is 34.5 Å². The summed E-state index contributed by atoms with van der Waals surface area (Å²) in [6, 6.07) is 23.6. The Morgan fingerprint density at radius 1 is 0.655 bits per heavy atom. The van der Waals surface area contributed by atoms with Crippen molar-refractivity contribution in [2.45, 2.75) is 9.79 Å². The second-order valence-corrected chi connectivity index (χ2v) is 9.04. The van der Waals surface area contributed by atoms with Crippen molar-refractivity contribution < 1.29 is 34.4 Å². The van der Waals surface area contributed by atoms with Crippen molar-refractivity contribution in [3.63, 3.8) is 0 Å². The molecule has 4 aromatic rings. The molecule has 0 unspecified atom stereocenters. The number of rotatable bonds is 2. The van der Waals surface area contributed by atoms with Crippen LogP contribution < -0.4 is 5.43 Å². The van der Waals surface area contributed by atoms with Gasteiger partial charge in [0.1, 0.15) is 21.9 Å². The first-order valence-electron chi connectivity index (χ1n) is 8.03. The summed E-state index contributed by atoms with van der Waals surface area (Å²) in [5.74, 6) is 0. The number of hydrogen-bond acceptors (Lipinski definition) is 2. The Labute approximate surface area is 164 Å². The average molecular weight is 450 g/mol. The minimum atomic E-state index is -10.7. The van der Waals surface area contributed by atoms with Gasteiger partial charge >= 0.3 is 38.4 Å². The van der Waals surface area contributed by atoms with Gasteiger partial charge in [0, 0.05) is 9.79 Å². The molecule has 1 heterocycles. The molecule has 0 spiro atoms. The van der Waals surface area contributed by atoms with E-state index in [-0.39, 0.29) is 5.43 Å². The number of halogens is 6. The Morgan fingerprint density at radius 2 is 1.21 bits per heavy atom. The van der Waals surface area contributed by atoms with Crippen LogP contribution in [0.3, 0.4) is 0 Å². The van der Waals surface area contributed by atoms with Crippen LogP contribution in [0, 0.1) is 0 Å². The van der Waals surface area contributed by atoms with E-state index in [1.807, 2.05) is 60.7 Å². The molecule has 0 atom stereocenters. The van der Waals surface area contributed by atoms with Gasteiger partial charge in [-0.25, -0.2) is 0 Å². The van der Waals surface area contributed by atoms with E-state index >= 15 is 0 Å². The van der Waals surface area contributed by atoms with Crippen LogP contribution in [0.15, 0.2) is 87.0 Å². The normalized spacial score (nSPS) is 14.0. The van der Waals surface area contributed by atoms with Crippen molar-refractivity contribution in [3.05, 3.63) is 78.2 Å². The second-order valence-electron chi connectivity index (χ2n) is 5.98. The number of para-hydroxylation sites is 1. The molecule has 4 rings (SSSR count). The van der Waals surface area contributed by atoms with Gasteiger partial charge in [0.25, 0.3) is 0 Å². The second kappa shape index (κ2) is 6.78. The van der Waals surface area contributed by atoms with E-state index in [1.54, 1.807) is 11.8 Å². The van der Waals surface area contributed by atoms with E-state index in [9.17, 15) is 30.0 Å². The van der Waals surface area contributed by atoms with Crippen LogP contribution in [0.2, 0.25) is 0 Å². The Balaban J connectivity index is 0.000000298. The summed E-state index contributed by atoms with van der Waals surface area (Å²) in [7, 11) is -10.7. The summed E-state index contributed by atoms with van der Waals surface area (Å²) in [6.45, 7) is 0. The molecule has 0 aliphatic heterocycles. The van der Waals surface area contributed by atoms with E-state index in [2.05, 4.69) is 12.1 Å². The predicted octanol–water partition coefficient (Wildman–Crippen LogP) is 8.12. The number of fused-ring (bicyclic) bond motifs is 2.